The molecule has 37 heavy (non-hydrogen) atoms. The number of carbonyl (C=O) groups excluding carboxylic acids is 3. The number of furan rings is 1. The van der Waals surface area contributed by atoms with Gasteiger partial charge in [0.25, 0.3) is 5.91 Å². The Hall–Kier alpha value is -3.66. The third kappa shape index (κ3) is 6.97. The summed E-state index contributed by atoms with van der Waals surface area (Å²) in [5.74, 6) is -2.33. The van der Waals surface area contributed by atoms with Crippen LogP contribution in [0.15, 0.2) is 41.0 Å². The number of nitrogens with zero attached hydrogens (tertiary/aromatic N) is 1. The molecule has 1 aliphatic rings. The monoisotopic (exact) mass is 513 g/mol. The molecule has 1 aromatic carbocycles. The molecule has 0 radical (unpaired) electrons. The minimum Gasteiger partial charge on any atom is -0.481 e. The fourth-order valence-electron chi connectivity index (χ4n) is 4.74. The van der Waals surface area contributed by atoms with Gasteiger partial charge in [-0.1, -0.05) is 51.3 Å². The molecule has 1 heterocycles. The number of unbranched alkanes of at least 4 members (excludes halogenated alkanes) is 2. The standard InChI is InChI=1S/C27H35N3O7/c1-3-5-6-10-19(23(4-2)30(36)16-31)25(32)28-15-29-26(33)20-11-12-37-24(20)18-9-7-8-17(13-18)21-14-22(21)27(34)35/h7-9,11-13,16,19,21-23,36H,3-6,10,14-15H2,1-2H3,(H,28,32)(H,29,33)(H,34,35)/t19-,21?,22?,23-/m1/s1. The number of carboxylic acids is 1. The van der Waals surface area contributed by atoms with Gasteiger partial charge in [-0.05, 0) is 42.9 Å². The van der Waals surface area contributed by atoms with Crippen LogP contribution in [0.1, 0.15) is 74.2 Å². The summed E-state index contributed by atoms with van der Waals surface area (Å²) in [5, 5.41) is 25.1. The lowest BCUT2D eigenvalue weighted by Crippen LogP contribution is -2.47. The van der Waals surface area contributed by atoms with E-state index in [-0.39, 0.29) is 30.0 Å². The van der Waals surface area contributed by atoms with E-state index in [1.807, 2.05) is 19.1 Å². The summed E-state index contributed by atoms with van der Waals surface area (Å²) >= 11 is 0. The lowest BCUT2D eigenvalue weighted by molar-refractivity contribution is -0.168. The largest absolute Gasteiger partial charge is 0.481 e. The molecule has 200 valence electrons. The van der Waals surface area contributed by atoms with E-state index < -0.39 is 23.8 Å². The van der Waals surface area contributed by atoms with Crippen molar-refractivity contribution in [3.63, 3.8) is 0 Å². The first-order valence-electron chi connectivity index (χ1n) is 12.7. The first kappa shape index (κ1) is 27.9. The first-order valence-corrected chi connectivity index (χ1v) is 12.7. The van der Waals surface area contributed by atoms with E-state index in [1.165, 1.54) is 12.3 Å². The van der Waals surface area contributed by atoms with E-state index in [2.05, 4.69) is 10.6 Å². The summed E-state index contributed by atoms with van der Waals surface area (Å²) in [4.78, 5) is 48.1. The van der Waals surface area contributed by atoms with Gasteiger partial charge in [0.2, 0.25) is 12.3 Å². The lowest BCUT2D eigenvalue weighted by atomic mass is 9.90. The van der Waals surface area contributed by atoms with Crippen LogP contribution in [0.25, 0.3) is 11.3 Å². The van der Waals surface area contributed by atoms with Crippen LogP contribution in [0.2, 0.25) is 0 Å². The predicted molar refractivity (Wildman–Crippen MR) is 135 cm³/mol. The lowest BCUT2D eigenvalue weighted by Gasteiger charge is -2.29. The topological polar surface area (TPSA) is 149 Å². The van der Waals surface area contributed by atoms with Crippen LogP contribution in [0, 0.1) is 11.8 Å². The Balaban J connectivity index is 1.63. The normalized spacial score (nSPS) is 17.9. The Kier molecular flexibility index (Phi) is 9.85. The number of carboxylic acid groups (broad SMARTS) is 1. The van der Waals surface area contributed by atoms with Gasteiger partial charge in [-0.25, -0.2) is 5.06 Å². The zero-order valence-electron chi connectivity index (χ0n) is 21.2. The fourth-order valence-corrected chi connectivity index (χ4v) is 4.74. The van der Waals surface area contributed by atoms with E-state index in [0.717, 1.165) is 24.8 Å². The van der Waals surface area contributed by atoms with Gasteiger partial charge in [0.15, 0.2) is 0 Å². The molecule has 2 unspecified atom stereocenters. The number of hydrogen-bond donors (Lipinski definition) is 4. The summed E-state index contributed by atoms with van der Waals surface area (Å²) in [6.45, 7) is 3.70. The minimum absolute atomic E-state index is 0.0498. The fraction of sp³-hybridized carbons (Fsp3) is 0.481. The molecule has 1 aliphatic carbocycles. The zero-order chi connectivity index (χ0) is 26.9. The molecule has 10 nitrogen and oxygen atoms in total. The Morgan fingerprint density at radius 3 is 2.62 bits per heavy atom. The Labute approximate surface area is 216 Å². The van der Waals surface area contributed by atoms with Gasteiger partial charge in [0.1, 0.15) is 5.76 Å². The molecule has 0 bridgehead atoms. The SMILES string of the molecule is CCCCC[C@@H](C(=O)NCNC(=O)c1ccoc1-c1cccc(C2CC2C(=O)O)c1)[C@@H](CC)N(O)C=O. The number of hydrogen-bond acceptors (Lipinski definition) is 6. The van der Waals surface area contributed by atoms with Gasteiger partial charge in [0, 0.05) is 5.56 Å². The molecule has 1 saturated carbocycles. The summed E-state index contributed by atoms with van der Waals surface area (Å²) in [6, 6.07) is 8.17. The molecule has 1 fully saturated rings. The molecule has 2 aromatic rings. The van der Waals surface area contributed by atoms with Crippen molar-refractivity contribution in [2.75, 3.05) is 6.67 Å². The molecular formula is C27H35N3O7. The molecule has 3 rings (SSSR count). The van der Waals surface area contributed by atoms with Crippen molar-refractivity contribution in [3.8, 4) is 11.3 Å². The molecule has 3 amide bonds. The van der Waals surface area contributed by atoms with Crippen molar-refractivity contribution in [1.29, 1.82) is 0 Å². The number of nitrogens with one attached hydrogen (secondary N) is 2. The molecule has 4 atom stereocenters. The predicted octanol–water partition coefficient (Wildman–Crippen LogP) is 3.76. The van der Waals surface area contributed by atoms with Crippen LogP contribution in [0.3, 0.4) is 0 Å². The van der Waals surface area contributed by atoms with Gasteiger partial charge in [-0.2, -0.15) is 0 Å². The highest BCUT2D eigenvalue weighted by atomic mass is 16.5. The average Bonchev–Trinajstić information content (AvgIpc) is 3.56. The highest BCUT2D eigenvalue weighted by molar-refractivity contribution is 5.99. The Bertz CT molecular complexity index is 1100. The summed E-state index contributed by atoms with van der Waals surface area (Å²) in [7, 11) is 0. The van der Waals surface area contributed by atoms with Crippen LogP contribution in [-0.2, 0) is 14.4 Å². The van der Waals surface area contributed by atoms with E-state index in [9.17, 15) is 29.5 Å². The molecule has 10 heteroatoms. The molecule has 1 aromatic heterocycles. The maximum absolute atomic E-state index is 12.9. The van der Waals surface area contributed by atoms with Crippen molar-refractivity contribution >= 4 is 24.2 Å². The van der Waals surface area contributed by atoms with Gasteiger partial charge in [0.05, 0.1) is 36.4 Å². The first-order chi connectivity index (χ1) is 17.8. The highest BCUT2D eigenvalue weighted by Gasteiger charge is 2.44. The molecule has 0 saturated heterocycles. The summed E-state index contributed by atoms with van der Waals surface area (Å²) in [6.07, 6.45) is 5.85. The highest BCUT2D eigenvalue weighted by Crippen LogP contribution is 2.48. The maximum atomic E-state index is 12.9. The summed E-state index contributed by atoms with van der Waals surface area (Å²) in [5.41, 5.74) is 1.82. The van der Waals surface area contributed by atoms with Crippen LogP contribution in [-0.4, -0.2) is 52.3 Å². The quantitative estimate of drug-likeness (QED) is 0.0931. The van der Waals surface area contributed by atoms with Crippen molar-refractivity contribution in [2.24, 2.45) is 11.8 Å². The van der Waals surface area contributed by atoms with E-state index in [4.69, 9.17) is 4.42 Å². The van der Waals surface area contributed by atoms with Gasteiger partial charge in [-0.15, -0.1) is 0 Å². The van der Waals surface area contributed by atoms with Crippen LogP contribution in [0.4, 0.5) is 0 Å². The maximum Gasteiger partial charge on any atom is 0.307 e. The van der Waals surface area contributed by atoms with Gasteiger partial charge in [-0.3, -0.25) is 24.4 Å². The van der Waals surface area contributed by atoms with Crippen molar-refractivity contribution in [3.05, 3.63) is 47.7 Å². The number of rotatable bonds is 15. The number of aliphatic carboxylic acids is 1. The minimum atomic E-state index is -0.814. The third-order valence-electron chi connectivity index (χ3n) is 6.89. The average molecular weight is 514 g/mol. The molecule has 0 spiro atoms. The van der Waals surface area contributed by atoms with Crippen LogP contribution in [0.5, 0.6) is 0 Å². The molecular weight excluding hydrogens is 478 g/mol. The number of carbonyl (C=O) groups is 4. The van der Waals surface area contributed by atoms with E-state index >= 15 is 0 Å². The number of hydroxylamine groups is 2. The Morgan fingerprint density at radius 1 is 1.19 bits per heavy atom. The second-order valence-electron chi connectivity index (χ2n) is 9.36. The van der Waals surface area contributed by atoms with Crippen molar-refractivity contribution in [2.45, 2.75) is 64.3 Å². The van der Waals surface area contributed by atoms with E-state index in [0.29, 0.717) is 42.1 Å². The zero-order valence-corrected chi connectivity index (χ0v) is 21.2. The number of amides is 3. The second kappa shape index (κ2) is 13.0. The molecule has 4 N–H and O–H groups in total. The van der Waals surface area contributed by atoms with Crippen molar-refractivity contribution < 1.29 is 33.9 Å². The molecule has 0 aliphatic heterocycles. The number of benzene rings is 1. The van der Waals surface area contributed by atoms with Crippen molar-refractivity contribution in [1.82, 2.24) is 15.7 Å². The van der Waals surface area contributed by atoms with E-state index in [1.54, 1.807) is 19.1 Å². The van der Waals surface area contributed by atoms with Gasteiger partial charge >= 0.3 is 5.97 Å². The third-order valence-corrected chi connectivity index (χ3v) is 6.89. The smallest absolute Gasteiger partial charge is 0.307 e. The van der Waals surface area contributed by atoms with Crippen LogP contribution >= 0.6 is 0 Å². The Morgan fingerprint density at radius 2 is 1.97 bits per heavy atom. The van der Waals surface area contributed by atoms with Gasteiger partial charge < -0.3 is 20.2 Å². The second-order valence-corrected chi connectivity index (χ2v) is 9.36. The summed E-state index contributed by atoms with van der Waals surface area (Å²) < 4.78 is 5.58. The van der Waals surface area contributed by atoms with Crippen LogP contribution < -0.4 is 10.6 Å².